The van der Waals surface area contributed by atoms with Crippen molar-refractivity contribution in [3.8, 4) is 0 Å². The van der Waals surface area contributed by atoms with E-state index in [0.29, 0.717) is 6.92 Å². The third kappa shape index (κ3) is 3.05. The quantitative estimate of drug-likeness (QED) is 0.511. The summed E-state index contributed by atoms with van der Waals surface area (Å²) in [5.41, 5.74) is 0. The van der Waals surface area contributed by atoms with Gasteiger partial charge in [0.25, 0.3) is 10.2 Å². The molecule has 0 nitrogen and oxygen atoms in total. The SMILES string of the molecule is CC(CBr)S(F)(F)(F)(F)F. The van der Waals surface area contributed by atoms with E-state index in [9.17, 15) is 19.4 Å². The first kappa shape index (κ1) is 10.5. The molecule has 7 heteroatoms. The first-order valence-electron chi connectivity index (χ1n) is 2.26. The number of hydrogen-bond acceptors (Lipinski definition) is 0. The molecule has 0 N–H and O–H groups in total. The van der Waals surface area contributed by atoms with Gasteiger partial charge in [-0.2, -0.15) is 0 Å². The molecule has 0 saturated carbocycles. The van der Waals surface area contributed by atoms with Crippen LogP contribution in [0.3, 0.4) is 0 Å². The average Bonchev–Trinajstić information content (AvgIpc) is 1.57. The minimum atomic E-state index is -9.19. The highest BCUT2D eigenvalue weighted by Gasteiger charge is 2.67. The van der Waals surface area contributed by atoms with Crippen molar-refractivity contribution in [2.24, 2.45) is 0 Å². The third-order valence-electron chi connectivity index (χ3n) is 0.978. The Morgan fingerprint density at radius 1 is 1.20 bits per heavy atom. The van der Waals surface area contributed by atoms with Crippen LogP contribution in [0.4, 0.5) is 19.4 Å². The molecular weight excluding hydrogens is 243 g/mol. The van der Waals surface area contributed by atoms with Crippen molar-refractivity contribution < 1.29 is 19.4 Å². The fourth-order valence-electron chi connectivity index (χ4n) is 0.119. The van der Waals surface area contributed by atoms with Crippen LogP contribution in [0.2, 0.25) is 0 Å². The summed E-state index contributed by atoms with van der Waals surface area (Å²) in [6, 6.07) is 0. The molecule has 0 rings (SSSR count). The second-order valence-corrected chi connectivity index (χ2v) is 5.50. The second kappa shape index (κ2) is 1.80. The molecule has 10 heavy (non-hydrogen) atoms. The van der Waals surface area contributed by atoms with Crippen molar-refractivity contribution in [2.75, 3.05) is 5.33 Å². The summed E-state index contributed by atoms with van der Waals surface area (Å²) in [5, 5.41) is -3.31. The molecule has 0 fully saturated rings. The van der Waals surface area contributed by atoms with E-state index in [2.05, 4.69) is 15.9 Å². The minimum Gasteiger partial charge on any atom is -0.0975 e. The lowest BCUT2D eigenvalue weighted by Crippen LogP contribution is -2.23. The first-order chi connectivity index (χ1) is 3.97. The van der Waals surface area contributed by atoms with Crippen LogP contribution in [0.25, 0.3) is 0 Å². The van der Waals surface area contributed by atoms with E-state index in [-0.39, 0.29) is 0 Å². The lowest BCUT2D eigenvalue weighted by molar-refractivity contribution is 0.351. The maximum absolute atomic E-state index is 11.6. The van der Waals surface area contributed by atoms with Gasteiger partial charge in [0, 0.05) is 5.33 Å². The van der Waals surface area contributed by atoms with Gasteiger partial charge in [0.15, 0.2) is 0 Å². The van der Waals surface area contributed by atoms with E-state index >= 15 is 0 Å². The Morgan fingerprint density at radius 2 is 1.50 bits per heavy atom. The van der Waals surface area contributed by atoms with E-state index in [1.54, 1.807) is 0 Å². The Kier molecular flexibility index (Phi) is 1.88. The molecule has 0 bridgehead atoms. The Bertz CT molecular complexity index is 133. The third-order valence-corrected chi connectivity index (χ3v) is 4.06. The van der Waals surface area contributed by atoms with E-state index < -0.39 is 20.8 Å². The van der Waals surface area contributed by atoms with Crippen LogP contribution in [0.15, 0.2) is 0 Å². The Hall–Kier alpha value is 0.480. The molecule has 0 aliphatic heterocycles. The number of hydrogen-bond donors (Lipinski definition) is 0. The predicted octanol–water partition coefficient (Wildman–Crippen LogP) is 4.07. The maximum atomic E-state index is 11.6. The summed E-state index contributed by atoms with van der Waals surface area (Å²) < 4.78 is 57.9. The molecule has 1 unspecified atom stereocenters. The van der Waals surface area contributed by atoms with Crippen LogP contribution in [0.1, 0.15) is 6.92 Å². The van der Waals surface area contributed by atoms with Crippen molar-refractivity contribution in [3.63, 3.8) is 0 Å². The Labute approximate surface area is 63.6 Å². The van der Waals surface area contributed by atoms with Gasteiger partial charge >= 0.3 is 0 Å². The maximum Gasteiger partial charge on any atom is 0.288 e. The molecule has 0 aromatic heterocycles. The van der Waals surface area contributed by atoms with Gasteiger partial charge in [-0.25, -0.2) is 0 Å². The molecule has 0 aliphatic carbocycles. The van der Waals surface area contributed by atoms with Gasteiger partial charge in [0.05, 0.1) is 0 Å². The van der Waals surface area contributed by atoms with Crippen LogP contribution in [-0.4, -0.2) is 10.6 Å². The van der Waals surface area contributed by atoms with Gasteiger partial charge < -0.3 is 0 Å². The Morgan fingerprint density at radius 3 is 1.50 bits per heavy atom. The zero-order valence-corrected chi connectivity index (χ0v) is 7.36. The van der Waals surface area contributed by atoms with E-state index in [1.165, 1.54) is 0 Å². The summed E-state index contributed by atoms with van der Waals surface area (Å²) in [6.07, 6.45) is 0. The smallest absolute Gasteiger partial charge is 0.0975 e. The van der Waals surface area contributed by atoms with Crippen LogP contribution >= 0.6 is 26.2 Å². The van der Waals surface area contributed by atoms with Gasteiger partial charge in [-0.15, -0.1) is 0 Å². The predicted molar refractivity (Wildman–Crippen MR) is 36.4 cm³/mol. The van der Waals surface area contributed by atoms with Crippen molar-refractivity contribution in [1.82, 2.24) is 0 Å². The Balaban J connectivity index is 4.72. The summed E-state index contributed by atoms with van der Waals surface area (Å²) in [5.74, 6) is 0. The molecule has 66 valence electrons. The largest absolute Gasteiger partial charge is 0.288 e. The molecule has 0 aliphatic rings. The molecule has 0 heterocycles. The monoisotopic (exact) mass is 248 g/mol. The van der Waals surface area contributed by atoms with Gasteiger partial charge in [0.1, 0.15) is 5.25 Å². The number of rotatable bonds is 2. The second-order valence-electron chi connectivity index (χ2n) is 1.99. The molecule has 0 aromatic carbocycles. The molecule has 0 saturated heterocycles. The highest BCUT2D eigenvalue weighted by molar-refractivity contribution is 9.09. The molecule has 0 spiro atoms. The van der Waals surface area contributed by atoms with E-state index in [0.717, 1.165) is 0 Å². The topological polar surface area (TPSA) is 0 Å². The molecule has 0 radical (unpaired) electrons. The normalized spacial score (nSPS) is 23.1. The summed E-state index contributed by atoms with van der Waals surface area (Å²) in [6.45, 7) is 0.455. The zero-order valence-electron chi connectivity index (χ0n) is 4.96. The number of halogens is 6. The minimum absolute atomic E-state index is 0.455. The van der Waals surface area contributed by atoms with Crippen molar-refractivity contribution in [3.05, 3.63) is 0 Å². The fraction of sp³-hybridized carbons (Fsp3) is 1.00. The summed E-state index contributed by atoms with van der Waals surface area (Å²) in [7, 11) is -9.19. The summed E-state index contributed by atoms with van der Waals surface area (Å²) in [4.78, 5) is 0. The average molecular weight is 249 g/mol. The zero-order chi connectivity index (χ0) is 8.69. The van der Waals surface area contributed by atoms with Crippen LogP contribution < -0.4 is 0 Å². The van der Waals surface area contributed by atoms with Crippen LogP contribution in [0, 0.1) is 0 Å². The standard InChI is InChI=1S/C3H6BrF5S/c1-3(2-4)10(5,6,7,8)9/h3H,2H2,1H3. The van der Waals surface area contributed by atoms with Gasteiger partial charge in [0.2, 0.25) is 0 Å². The van der Waals surface area contributed by atoms with Gasteiger partial charge in [-0.1, -0.05) is 35.4 Å². The van der Waals surface area contributed by atoms with Crippen LogP contribution in [-0.2, 0) is 0 Å². The van der Waals surface area contributed by atoms with Gasteiger partial charge in [-0.05, 0) is 6.92 Å². The molecule has 1 atom stereocenters. The molecular formula is C3H6BrF5S. The highest BCUT2D eigenvalue weighted by Crippen LogP contribution is 3.00. The van der Waals surface area contributed by atoms with Crippen molar-refractivity contribution in [1.29, 1.82) is 0 Å². The lowest BCUT2D eigenvalue weighted by atomic mass is 10.6. The van der Waals surface area contributed by atoms with E-state index in [1.807, 2.05) is 0 Å². The summed E-state index contributed by atoms with van der Waals surface area (Å²) >= 11 is 2.35. The van der Waals surface area contributed by atoms with Crippen molar-refractivity contribution >= 4 is 26.2 Å². The molecule has 0 aromatic rings. The highest BCUT2D eigenvalue weighted by atomic mass is 79.9. The number of alkyl halides is 1. The van der Waals surface area contributed by atoms with Gasteiger partial charge in [-0.3, -0.25) is 0 Å². The van der Waals surface area contributed by atoms with E-state index in [4.69, 9.17) is 0 Å². The van der Waals surface area contributed by atoms with Crippen LogP contribution in [0.5, 0.6) is 0 Å². The van der Waals surface area contributed by atoms with Crippen molar-refractivity contribution in [2.45, 2.75) is 12.2 Å². The lowest BCUT2D eigenvalue weighted by Gasteiger charge is -2.44. The fourth-order valence-corrected chi connectivity index (χ4v) is 1.86. The first-order valence-corrected chi connectivity index (χ1v) is 5.40. The molecule has 0 amide bonds.